The lowest BCUT2D eigenvalue weighted by Gasteiger charge is -2.30. The Balaban J connectivity index is 2.79. The monoisotopic (exact) mass is 299 g/mol. The van der Waals surface area contributed by atoms with Crippen molar-refractivity contribution in [3.63, 3.8) is 0 Å². The van der Waals surface area contributed by atoms with Gasteiger partial charge in [0.25, 0.3) is 0 Å². The molecule has 0 saturated heterocycles. The highest BCUT2D eigenvalue weighted by Crippen LogP contribution is 2.50. The summed E-state index contributed by atoms with van der Waals surface area (Å²) in [5.74, 6) is -2.01. The molecule has 0 bridgehead atoms. The van der Waals surface area contributed by atoms with Gasteiger partial charge >= 0.3 is 5.97 Å². The number of hydrogen-bond acceptors (Lipinski definition) is 3. The summed E-state index contributed by atoms with van der Waals surface area (Å²) in [6.45, 7) is 3.77. The van der Waals surface area contributed by atoms with Crippen molar-refractivity contribution in [3.8, 4) is 0 Å². The third-order valence-electron chi connectivity index (χ3n) is 3.35. The first kappa shape index (κ1) is 16.9. The summed E-state index contributed by atoms with van der Waals surface area (Å²) in [7, 11) is -3.61. The van der Waals surface area contributed by atoms with Gasteiger partial charge in [-0.3, -0.25) is 9.36 Å². The van der Waals surface area contributed by atoms with Crippen LogP contribution in [0.2, 0.25) is 0 Å². The van der Waals surface area contributed by atoms with Crippen molar-refractivity contribution in [2.75, 3.05) is 6.16 Å². The molecule has 1 aromatic rings. The number of carboxylic acids is 1. The molecule has 5 nitrogen and oxygen atoms in total. The van der Waals surface area contributed by atoms with Gasteiger partial charge in [0.1, 0.15) is 0 Å². The van der Waals surface area contributed by atoms with Crippen LogP contribution in [0.1, 0.15) is 32.3 Å². The second-order valence-electron chi connectivity index (χ2n) is 5.66. The molecule has 0 aliphatic carbocycles. The molecule has 0 saturated carbocycles. The van der Waals surface area contributed by atoms with Crippen LogP contribution < -0.4 is 5.73 Å². The molecule has 0 spiro atoms. The first-order valence-electron chi connectivity index (χ1n) is 6.49. The predicted molar refractivity (Wildman–Crippen MR) is 79.0 cm³/mol. The Morgan fingerprint density at radius 1 is 1.35 bits per heavy atom. The third kappa shape index (κ3) is 4.75. The van der Waals surface area contributed by atoms with Gasteiger partial charge < -0.3 is 15.7 Å². The molecule has 0 fully saturated rings. The average molecular weight is 299 g/mol. The third-order valence-corrected chi connectivity index (χ3v) is 5.89. The SMILES string of the molecule is CC(C)(CP(=O)(O)C(N)CCC(=O)O)c1ccccc1. The van der Waals surface area contributed by atoms with Crippen molar-refractivity contribution in [1.82, 2.24) is 0 Å². The zero-order valence-corrected chi connectivity index (χ0v) is 12.7. The van der Waals surface area contributed by atoms with Gasteiger partial charge in [-0.05, 0) is 17.4 Å². The van der Waals surface area contributed by atoms with Gasteiger partial charge in [0.2, 0.25) is 7.37 Å². The van der Waals surface area contributed by atoms with E-state index in [0.29, 0.717) is 0 Å². The summed E-state index contributed by atoms with van der Waals surface area (Å²) in [4.78, 5) is 20.6. The van der Waals surface area contributed by atoms with E-state index in [1.54, 1.807) is 0 Å². The predicted octanol–water partition coefficient (Wildman–Crippen LogP) is 2.38. The van der Waals surface area contributed by atoms with Crippen LogP contribution in [0, 0.1) is 0 Å². The Bertz CT molecular complexity index is 501. The van der Waals surface area contributed by atoms with Crippen LogP contribution in [-0.4, -0.2) is 27.9 Å². The zero-order valence-electron chi connectivity index (χ0n) is 11.8. The van der Waals surface area contributed by atoms with Gasteiger partial charge in [0, 0.05) is 12.6 Å². The Morgan fingerprint density at radius 3 is 2.40 bits per heavy atom. The van der Waals surface area contributed by atoms with Crippen molar-refractivity contribution in [3.05, 3.63) is 35.9 Å². The van der Waals surface area contributed by atoms with Crippen LogP contribution in [0.15, 0.2) is 30.3 Å². The number of nitrogens with two attached hydrogens (primary N) is 1. The lowest BCUT2D eigenvalue weighted by molar-refractivity contribution is -0.137. The number of benzene rings is 1. The summed E-state index contributed by atoms with van der Waals surface area (Å²) in [6.07, 6.45) is -0.156. The summed E-state index contributed by atoms with van der Waals surface area (Å²) in [6, 6.07) is 9.45. The number of carbonyl (C=O) groups is 1. The summed E-state index contributed by atoms with van der Waals surface area (Å²) in [5.41, 5.74) is 6.17. The van der Waals surface area contributed by atoms with Crippen LogP contribution in [0.3, 0.4) is 0 Å². The zero-order chi connectivity index (χ0) is 15.4. The smallest absolute Gasteiger partial charge is 0.303 e. The van der Waals surface area contributed by atoms with E-state index in [0.717, 1.165) is 5.56 Å². The second kappa shape index (κ2) is 6.53. The van der Waals surface area contributed by atoms with Crippen molar-refractivity contribution in [2.24, 2.45) is 5.73 Å². The fourth-order valence-electron chi connectivity index (χ4n) is 2.14. The van der Waals surface area contributed by atoms with E-state index in [4.69, 9.17) is 10.8 Å². The van der Waals surface area contributed by atoms with Gasteiger partial charge in [-0.2, -0.15) is 0 Å². The Labute approximate surface area is 119 Å². The molecule has 0 amide bonds. The molecule has 20 heavy (non-hydrogen) atoms. The quantitative estimate of drug-likeness (QED) is 0.671. The molecule has 2 unspecified atom stereocenters. The maximum atomic E-state index is 12.4. The highest BCUT2D eigenvalue weighted by molar-refractivity contribution is 7.58. The molecule has 0 aromatic heterocycles. The van der Waals surface area contributed by atoms with Gasteiger partial charge in [-0.25, -0.2) is 0 Å². The molecule has 0 aliphatic rings. The van der Waals surface area contributed by atoms with Gasteiger partial charge in [0.05, 0.1) is 5.78 Å². The van der Waals surface area contributed by atoms with Crippen molar-refractivity contribution >= 4 is 13.3 Å². The van der Waals surface area contributed by atoms with Gasteiger partial charge in [-0.1, -0.05) is 44.2 Å². The Kier molecular flexibility index (Phi) is 5.51. The standard InChI is InChI=1S/C14H22NO4P/c1-14(2,11-6-4-3-5-7-11)10-20(18,19)12(15)8-9-13(16)17/h3-7,12H,8-10,15H2,1-2H3,(H,16,17)(H,18,19). The lowest BCUT2D eigenvalue weighted by atomic mass is 9.87. The first-order valence-corrected chi connectivity index (χ1v) is 8.41. The average Bonchev–Trinajstić information content (AvgIpc) is 2.35. The summed E-state index contributed by atoms with van der Waals surface area (Å²) in [5, 5.41) is 8.61. The maximum absolute atomic E-state index is 12.4. The minimum Gasteiger partial charge on any atom is -0.481 e. The van der Waals surface area contributed by atoms with Crippen molar-refractivity contribution in [1.29, 1.82) is 0 Å². The molecule has 2 atom stereocenters. The molecule has 1 aromatic carbocycles. The number of carboxylic acid groups (broad SMARTS) is 1. The molecule has 0 radical (unpaired) electrons. The highest BCUT2D eigenvalue weighted by atomic mass is 31.2. The molecule has 4 N–H and O–H groups in total. The summed E-state index contributed by atoms with van der Waals surface area (Å²) < 4.78 is 12.4. The molecule has 0 heterocycles. The van der Waals surface area contributed by atoms with Crippen LogP contribution in [0.5, 0.6) is 0 Å². The normalized spacial score (nSPS) is 16.4. The van der Waals surface area contributed by atoms with E-state index >= 15 is 0 Å². The largest absolute Gasteiger partial charge is 0.481 e. The molecule has 112 valence electrons. The van der Waals surface area contributed by atoms with Crippen molar-refractivity contribution < 1.29 is 19.4 Å². The molecule has 6 heteroatoms. The fourth-order valence-corrected chi connectivity index (χ4v) is 4.22. The minimum atomic E-state index is -3.61. The highest BCUT2D eigenvalue weighted by Gasteiger charge is 2.35. The van der Waals surface area contributed by atoms with E-state index in [1.165, 1.54) is 0 Å². The second-order valence-corrected chi connectivity index (χ2v) is 8.15. The molecular formula is C14H22NO4P. The number of rotatable bonds is 7. The van der Waals surface area contributed by atoms with E-state index < -0.39 is 24.5 Å². The lowest BCUT2D eigenvalue weighted by Crippen LogP contribution is -2.30. The molecule has 0 aliphatic heterocycles. The Hall–Kier alpha value is -1.16. The summed E-state index contributed by atoms with van der Waals surface area (Å²) >= 11 is 0. The van der Waals surface area contributed by atoms with E-state index in [2.05, 4.69) is 0 Å². The van der Waals surface area contributed by atoms with Crippen molar-refractivity contribution in [2.45, 2.75) is 37.9 Å². The van der Waals surface area contributed by atoms with E-state index in [1.807, 2.05) is 44.2 Å². The first-order chi connectivity index (χ1) is 9.15. The van der Waals surface area contributed by atoms with Gasteiger partial charge in [0.15, 0.2) is 0 Å². The Morgan fingerprint density at radius 2 is 1.90 bits per heavy atom. The van der Waals surface area contributed by atoms with Crippen LogP contribution >= 0.6 is 7.37 Å². The topological polar surface area (TPSA) is 101 Å². The maximum Gasteiger partial charge on any atom is 0.303 e. The fraction of sp³-hybridized carbons (Fsp3) is 0.500. The van der Waals surface area contributed by atoms with Crippen LogP contribution in [0.4, 0.5) is 0 Å². The van der Waals surface area contributed by atoms with Gasteiger partial charge in [-0.15, -0.1) is 0 Å². The van der Waals surface area contributed by atoms with Crippen LogP contribution in [0.25, 0.3) is 0 Å². The number of hydrogen-bond donors (Lipinski definition) is 3. The molecule has 1 rings (SSSR count). The van der Waals surface area contributed by atoms with E-state index in [9.17, 15) is 14.3 Å². The molecular weight excluding hydrogens is 277 g/mol. The number of aliphatic carboxylic acids is 1. The van der Waals surface area contributed by atoms with Crippen LogP contribution in [-0.2, 0) is 14.8 Å². The van der Waals surface area contributed by atoms with E-state index in [-0.39, 0.29) is 19.0 Å². The minimum absolute atomic E-state index is 0.00792.